The lowest BCUT2D eigenvalue weighted by molar-refractivity contribution is -0.0281. The fraction of sp³-hybridized carbons (Fsp3) is 0.600. The van der Waals surface area contributed by atoms with Gasteiger partial charge in [0.15, 0.2) is 0 Å². The van der Waals surface area contributed by atoms with Crippen LogP contribution in [-0.2, 0) is 14.0 Å². The molecule has 0 radical (unpaired) electrons. The molecule has 0 aliphatic carbocycles. The second kappa shape index (κ2) is 10.8. The summed E-state index contributed by atoms with van der Waals surface area (Å²) >= 11 is 0.607. The molecule has 17 heteroatoms. The van der Waals surface area contributed by atoms with E-state index in [9.17, 15) is 38.8 Å². The van der Waals surface area contributed by atoms with Crippen molar-refractivity contribution in [2.75, 3.05) is 12.4 Å². The van der Waals surface area contributed by atoms with Gasteiger partial charge in [-0.05, 0) is 13.8 Å². The minimum Gasteiger partial charge on any atom is -0.394 e. The van der Waals surface area contributed by atoms with Gasteiger partial charge < -0.3 is 24.6 Å². The van der Waals surface area contributed by atoms with Crippen LogP contribution in [0.4, 0.5) is 0 Å². The molecule has 2 aliphatic heterocycles. The summed E-state index contributed by atoms with van der Waals surface area (Å²) < 4.78 is 26.6. The van der Waals surface area contributed by atoms with E-state index in [1.807, 2.05) is 0 Å². The van der Waals surface area contributed by atoms with Crippen LogP contribution in [0.25, 0.3) is 0 Å². The number of nitrogens with zero attached hydrogens (tertiary/aromatic N) is 2. The van der Waals surface area contributed by atoms with Crippen molar-refractivity contribution in [2.24, 2.45) is 0 Å². The van der Waals surface area contributed by atoms with E-state index in [0.29, 0.717) is 11.4 Å². The van der Waals surface area contributed by atoms with E-state index in [1.54, 1.807) is 0 Å². The molecular formula is C20H28N5O10PS. The predicted octanol–water partition coefficient (Wildman–Crippen LogP) is -1.58. The highest BCUT2D eigenvalue weighted by Crippen LogP contribution is 2.53. The number of H-pyrrole nitrogens is 2. The van der Waals surface area contributed by atoms with Gasteiger partial charge in [-0.3, -0.25) is 33.3 Å². The lowest BCUT2D eigenvalue weighted by Gasteiger charge is -2.22. The third kappa shape index (κ3) is 6.07. The van der Waals surface area contributed by atoms with Gasteiger partial charge in [-0.2, -0.15) is 0 Å². The van der Waals surface area contributed by atoms with Gasteiger partial charge in [-0.1, -0.05) is 11.4 Å². The Morgan fingerprint density at radius 3 is 2.05 bits per heavy atom. The first-order chi connectivity index (χ1) is 17.4. The zero-order chi connectivity index (χ0) is 27.1. The summed E-state index contributed by atoms with van der Waals surface area (Å²) in [5.41, 5.74) is -1.91. The highest BCUT2D eigenvalue weighted by Gasteiger charge is 2.41. The van der Waals surface area contributed by atoms with E-state index in [4.69, 9.17) is 9.47 Å². The maximum atomic E-state index is 12.9. The third-order valence-electron chi connectivity index (χ3n) is 6.28. The highest BCUT2D eigenvalue weighted by atomic mass is 32.7. The van der Waals surface area contributed by atoms with Crippen LogP contribution in [0.2, 0.25) is 0 Å². The Hall–Kier alpha value is -2.30. The van der Waals surface area contributed by atoms with Crippen molar-refractivity contribution in [2.45, 2.75) is 63.5 Å². The van der Waals surface area contributed by atoms with Crippen LogP contribution in [0.15, 0.2) is 31.6 Å². The Kier molecular flexibility index (Phi) is 8.11. The zero-order valence-corrected chi connectivity index (χ0v) is 21.6. The van der Waals surface area contributed by atoms with Crippen LogP contribution in [-0.4, -0.2) is 70.9 Å². The van der Waals surface area contributed by atoms with Crippen LogP contribution in [0.5, 0.6) is 0 Å². The predicted molar refractivity (Wildman–Crippen MR) is 131 cm³/mol. The first-order valence-corrected chi connectivity index (χ1v) is 14.6. The molecule has 7 atom stereocenters. The molecule has 2 fully saturated rings. The zero-order valence-electron chi connectivity index (χ0n) is 19.9. The molecule has 15 nitrogen and oxygen atoms in total. The molecule has 2 aromatic rings. The summed E-state index contributed by atoms with van der Waals surface area (Å²) in [6, 6.07) is -0.803. The van der Waals surface area contributed by atoms with Gasteiger partial charge in [0, 0.05) is 48.2 Å². The van der Waals surface area contributed by atoms with E-state index in [-0.39, 0.29) is 29.7 Å². The van der Waals surface area contributed by atoms with E-state index in [2.05, 4.69) is 15.1 Å². The molecule has 6 N–H and O–H groups in total. The van der Waals surface area contributed by atoms with Gasteiger partial charge in [0.1, 0.15) is 12.5 Å². The summed E-state index contributed by atoms with van der Waals surface area (Å²) in [5.74, 6) is -0.102. The molecule has 2 aromatic heterocycles. The Morgan fingerprint density at radius 2 is 1.51 bits per heavy atom. The smallest absolute Gasteiger partial charge is 0.330 e. The van der Waals surface area contributed by atoms with Gasteiger partial charge in [0.25, 0.3) is 11.1 Å². The van der Waals surface area contributed by atoms with E-state index < -0.39 is 72.6 Å². The van der Waals surface area contributed by atoms with Crippen LogP contribution in [0, 0.1) is 13.8 Å². The summed E-state index contributed by atoms with van der Waals surface area (Å²) in [4.78, 5) is 62.4. The molecule has 37 heavy (non-hydrogen) atoms. The molecular weight excluding hydrogens is 533 g/mol. The van der Waals surface area contributed by atoms with Crippen LogP contribution >= 0.6 is 18.1 Å². The van der Waals surface area contributed by atoms with E-state index in [0.717, 1.165) is 9.13 Å². The van der Waals surface area contributed by atoms with E-state index in [1.165, 1.54) is 26.2 Å². The number of nitrogens with one attached hydrogen (secondary N) is 3. The van der Waals surface area contributed by atoms with Gasteiger partial charge >= 0.3 is 18.1 Å². The van der Waals surface area contributed by atoms with Crippen molar-refractivity contribution < 1.29 is 29.1 Å². The quantitative estimate of drug-likeness (QED) is 0.201. The minimum absolute atomic E-state index is 0.0395. The number of aromatic amines is 2. The van der Waals surface area contributed by atoms with Gasteiger partial charge in [-0.25, -0.2) is 14.7 Å². The molecule has 0 bridgehead atoms. The molecule has 4 rings (SSSR count). The Labute approximate surface area is 212 Å². The molecule has 204 valence electrons. The number of aliphatic hydroxyl groups excluding tert-OH is 2. The second-order valence-electron chi connectivity index (χ2n) is 8.99. The lowest BCUT2D eigenvalue weighted by atomic mass is 10.1. The number of hydrogen-bond acceptors (Lipinski definition) is 10. The van der Waals surface area contributed by atoms with Crippen molar-refractivity contribution in [3.63, 3.8) is 0 Å². The third-order valence-corrected chi connectivity index (χ3v) is 9.57. The second-order valence-corrected chi connectivity index (χ2v) is 13.1. The van der Waals surface area contributed by atoms with Gasteiger partial charge in [0.05, 0.1) is 24.9 Å². The number of hydrogen-bond donors (Lipinski definition) is 6. The Balaban J connectivity index is 1.39. The monoisotopic (exact) mass is 561 g/mol. The topological polar surface area (TPSA) is 218 Å². The molecule has 0 spiro atoms. The minimum atomic E-state index is -4.11. The molecule has 0 saturated carbocycles. The summed E-state index contributed by atoms with van der Waals surface area (Å²) in [6.45, 7) is -1.57. The standard InChI is InChI=1S/C20H28N5O10PS/c1-9-5-24(19(30)21-17(9)28)15-3-11(13(7-26)34-15)23-36(32,33)37-8-14-12(27)4-16(35-14)25-6-10(2)18(29)22-20(25)31/h5-6,11-16,26-27H,3-4,7-8H2,1-2H3,(H,21,28,30)(H,22,29,31)(H2,23,32,33)/t11-,12-,13+,14+,15+,16+/m0/s1. The van der Waals surface area contributed by atoms with Crippen molar-refractivity contribution in [3.05, 3.63) is 65.2 Å². The molecule has 1 unspecified atom stereocenters. The number of aromatic nitrogens is 4. The normalized spacial score (nSPS) is 29.4. The van der Waals surface area contributed by atoms with Crippen LogP contribution < -0.4 is 27.6 Å². The molecule has 2 aliphatic rings. The first-order valence-electron chi connectivity index (χ1n) is 11.4. The van der Waals surface area contributed by atoms with Gasteiger partial charge in [-0.15, -0.1) is 0 Å². The Morgan fingerprint density at radius 1 is 1.00 bits per heavy atom. The lowest BCUT2D eigenvalue weighted by Crippen LogP contribution is -2.36. The fourth-order valence-corrected chi connectivity index (χ4v) is 7.36. The van der Waals surface area contributed by atoms with Crippen molar-refractivity contribution >= 4 is 18.1 Å². The van der Waals surface area contributed by atoms with Crippen molar-refractivity contribution in [3.8, 4) is 0 Å². The summed E-state index contributed by atoms with van der Waals surface area (Å²) in [7, 11) is 0. The number of aryl methyl sites for hydroxylation is 2. The maximum Gasteiger partial charge on any atom is 0.330 e. The number of rotatable bonds is 8. The fourth-order valence-electron chi connectivity index (χ4n) is 4.26. The average molecular weight is 562 g/mol. The highest BCUT2D eigenvalue weighted by molar-refractivity contribution is 8.55. The number of ether oxygens (including phenoxy) is 2. The first kappa shape index (κ1) is 27.7. The summed E-state index contributed by atoms with van der Waals surface area (Å²) in [6.07, 6.45) is -1.82. The van der Waals surface area contributed by atoms with Crippen LogP contribution in [0.1, 0.15) is 36.4 Å². The van der Waals surface area contributed by atoms with Gasteiger partial charge in [0.2, 0.25) is 0 Å². The van der Waals surface area contributed by atoms with Crippen LogP contribution in [0.3, 0.4) is 0 Å². The average Bonchev–Trinajstić information content (AvgIpc) is 3.39. The summed E-state index contributed by atoms with van der Waals surface area (Å²) in [5, 5.41) is 22.7. The maximum absolute atomic E-state index is 12.9. The molecule has 4 heterocycles. The van der Waals surface area contributed by atoms with E-state index >= 15 is 0 Å². The number of aliphatic hydroxyl groups is 2. The van der Waals surface area contributed by atoms with Crippen molar-refractivity contribution in [1.82, 2.24) is 24.2 Å². The van der Waals surface area contributed by atoms with Crippen molar-refractivity contribution in [1.29, 1.82) is 0 Å². The SMILES string of the molecule is Cc1cn([C@H]2C[C@H](NP(=O)(O)SC[C@H]3O[C@@H](n4cc(C)c(=O)[nH]c4=O)C[C@@H]3O)[C@@H](CO)O2)c(=O)[nH]c1=O. The largest absolute Gasteiger partial charge is 0.394 e. The Bertz CT molecular complexity index is 1440. The molecule has 2 saturated heterocycles. The molecule has 0 amide bonds. The molecule has 0 aromatic carbocycles.